The quantitative estimate of drug-likeness (QED) is 0.744. The Labute approximate surface area is 86.3 Å². The van der Waals surface area contributed by atoms with Gasteiger partial charge in [0.05, 0.1) is 6.61 Å². The third kappa shape index (κ3) is 3.90. The lowest BCUT2D eigenvalue weighted by molar-refractivity contribution is 0.167. The van der Waals surface area contributed by atoms with Gasteiger partial charge in [0.15, 0.2) is 0 Å². The molecule has 78 valence electrons. The summed E-state index contributed by atoms with van der Waals surface area (Å²) in [6.07, 6.45) is 1.03. The predicted molar refractivity (Wildman–Crippen MR) is 59.5 cm³/mol. The summed E-state index contributed by atoms with van der Waals surface area (Å²) in [6.45, 7) is 3.87. The Morgan fingerprint density at radius 1 is 1.29 bits per heavy atom. The van der Waals surface area contributed by atoms with Crippen LogP contribution >= 0.6 is 0 Å². The number of ether oxygens (including phenoxy) is 1. The van der Waals surface area contributed by atoms with Crippen molar-refractivity contribution in [2.24, 2.45) is 0 Å². The topological polar surface area (TPSA) is 21.3 Å². The van der Waals surface area contributed by atoms with Crippen LogP contribution in [0.3, 0.4) is 0 Å². The molecular formula is C12H19NO. The molecule has 0 aromatic heterocycles. The van der Waals surface area contributed by atoms with Gasteiger partial charge in [0.2, 0.25) is 0 Å². The minimum absolute atomic E-state index is 0.424. The normalized spacial score (nSPS) is 12.7. The van der Waals surface area contributed by atoms with Gasteiger partial charge in [0.25, 0.3) is 0 Å². The molecule has 0 saturated heterocycles. The largest absolute Gasteiger partial charge is 0.383 e. The lowest BCUT2D eigenvalue weighted by atomic mass is 10.1. The highest BCUT2D eigenvalue weighted by atomic mass is 16.5. The van der Waals surface area contributed by atoms with Crippen molar-refractivity contribution in [2.75, 3.05) is 20.3 Å². The SMILES string of the molecule is CCN[C@H](COC)Cc1ccccc1. The number of hydrogen-bond acceptors (Lipinski definition) is 2. The van der Waals surface area contributed by atoms with E-state index in [0.29, 0.717) is 6.04 Å². The fraction of sp³-hybridized carbons (Fsp3) is 0.500. The molecule has 1 aromatic carbocycles. The summed E-state index contributed by atoms with van der Waals surface area (Å²) in [5, 5.41) is 3.41. The van der Waals surface area contributed by atoms with Crippen molar-refractivity contribution >= 4 is 0 Å². The highest BCUT2D eigenvalue weighted by Gasteiger charge is 2.06. The van der Waals surface area contributed by atoms with Crippen LogP contribution in [0.4, 0.5) is 0 Å². The third-order valence-corrected chi connectivity index (χ3v) is 2.19. The van der Waals surface area contributed by atoms with Crippen molar-refractivity contribution in [1.29, 1.82) is 0 Å². The predicted octanol–water partition coefficient (Wildman–Crippen LogP) is 1.85. The number of rotatable bonds is 6. The maximum Gasteiger partial charge on any atom is 0.0619 e. The van der Waals surface area contributed by atoms with Crippen LogP contribution in [0, 0.1) is 0 Å². The molecule has 1 N–H and O–H groups in total. The molecule has 1 rings (SSSR count). The summed E-state index contributed by atoms with van der Waals surface area (Å²) in [4.78, 5) is 0. The Hall–Kier alpha value is -0.860. The first kappa shape index (κ1) is 11.2. The Bertz CT molecular complexity index is 229. The molecule has 2 heteroatoms. The summed E-state index contributed by atoms with van der Waals surface area (Å²) in [6, 6.07) is 10.9. The van der Waals surface area contributed by atoms with E-state index < -0.39 is 0 Å². The fourth-order valence-electron chi connectivity index (χ4n) is 1.58. The smallest absolute Gasteiger partial charge is 0.0619 e. The average Bonchev–Trinajstić information content (AvgIpc) is 2.20. The molecule has 0 saturated carbocycles. The summed E-state index contributed by atoms with van der Waals surface area (Å²) in [7, 11) is 1.75. The van der Waals surface area contributed by atoms with Crippen molar-refractivity contribution in [1.82, 2.24) is 5.32 Å². The van der Waals surface area contributed by atoms with Crippen molar-refractivity contribution in [3.05, 3.63) is 35.9 Å². The van der Waals surface area contributed by atoms with Gasteiger partial charge in [-0.1, -0.05) is 37.3 Å². The van der Waals surface area contributed by atoms with Gasteiger partial charge in [0.1, 0.15) is 0 Å². The maximum absolute atomic E-state index is 5.17. The summed E-state index contributed by atoms with van der Waals surface area (Å²) >= 11 is 0. The zero-order valence-electron chi connectivity index (χ0n) is 8.99. The van der Waals surface area contributed by atoms with Crippen LogP contribution in [0.15, 0.2) is 30.3 Å². The van der Waals surface area contributed by atoms with Crippen LogP contribution in [-0.4, -0.2) is 26.3 Å². The Kier molecular flexibility index (Phi) is 5.27. The Morgan fingerprint density at radius 3 is 2.57 bits per heavy atom. The molecule has 0 unspecified atom stereocenters. The Balaban J connectivity index is 2.46. The highest BCUT2D eigenvalue weighted by Crippen LogP contribution is 2.03. The maximum atomic E-state index is 5.17. The van der Waals surface area contributed by atoms with Crippen LogP contribution in [0.25, 0.3) is 0 Å². The van der Waals surface area contributed by atoms with Crippen LogP contribution in [0.2, 0.25) is 0 Å². The van der Waals surface area contributed by atoms with Gasteiger partial charge in [-0.3, -0.25) is 0 Å². The van der Waals surface area contributed by atoms with E-state index in [0.717, 1.165) is 19.6 Å². The standard InChI is InChI=1S/C12H19NO/c1-3-13-12(10-14-2)9-11-7-5-4-6-8-11/h4-8,12-13H,3,9-10H2,1-2H3/t12-/m0/s1. The van der Waals surface area contributed by atoms with Crippen molar-refractivity contribution < 1.29 is 4.74 Å². The van der Waals surface area contributed by atoms with Gasteiger partial charge >= 0.3 is 0 Å². The van der Waals surface area contributed by atoms with E-state index in [9.17, 15) is 0 Å². The number of methoxy groups -OCH3 is 1. The lowest BCUT2D eigenvalue weighted by Crippen LogP contribution is -2.34. The van der Waals surface area contributed by atoms with Gasteiger partial charge in [0, 0.05) is 13.2 Å². The molecular weight excluding hydrogens is 174 g/mol. The van der Waals surface area contributed by atoms with E-state index in [-0.39, 0.29) is 0 Å². The van der Waals surface area contributed by atoms with Crippen molar-refractivity contribution in [2.45, 2.75) is 19.4 Å². The number of benzene rings is 1. The summed E-state index contributed by atoms with van der Waals surface area (Å²) in [5.74, 6) is 0. The molecule has 0 bridgehead atoms. The molecule has 0 spiro atoms. The second-order valence-corrected chi connectivity index (χ2v) is 3.40. The van der Waals surface area contributed by atoms with Crippen molar-refractivity contribution in [3.63, 3.8) is 0 Å². The fourth-order valence-corrected chi connectivity index (χ4v) is 1.58. The van der Waals surface area contributed by atoms with E-state index in [1.807, 2.05) is 6.07 Å². The lowest BCUT2D eigenvalue weighted by Gasteiger charge is -2.16. The third-order valence-electron chi connectivity index (χ3n) is 2.19. The molecule has 0 aliphatic rings. The van der Waals surface area contributed by atoms with Gasteiger partial charge < -0.3 is 10.1 Å². The second-order valence-electron chi connectivity index (χ2n) is 3.40. The highest BCUT2D eigenvalue weighted by molar-refractivity contribution is 5.15. The van der Waals surface area contributed by atoms with Crippen LogP contribution in [-0.2, 0) is 11.2 Å². The molecule has 1 aromatic rings. The zero-order valence-corrected chi connectivity index (χ0v) is 8.99. The zero-order chi connectivity index (χ0) is 10.2. The number of likely N-dealkylation sites (N-methyl/N-ethyl adjacent to an activating group) is 1. The first-order valence-electron chi connectivity index (χ1n) is 5.13. The number of nitrogens with one attached hydrogen (secondary N) is 1. The average molecular weight is 193 g/mol. The minimum atomic E-state index is 0.424. The summed E-state index contributed by atoms with van der Waals surface area (Å²) < 4.78 is 5.17. The second kappa shape index (κ2) is 6.57. The minimum Gasteiger partial charge on any atom is -0.383 e. The van der Waals surface area contributed by atoms with Crippen molar-refractivity contribution in [3.8, 4) is 0 Å². The van der Waals surface area contributed by atoms with Gasteiger partial charge in [-0.15, -0.1) is 0 Å². The molecule has 0 amide bonds. The summed E-state index contributed by atoms with van der Waals surface area (Å²) in [5.41, 5.74) is 1.36. The molecule has 0 radical (unpaired) electrons. The van der Waals surface area contributed by atoms with E-state index in [1.165, 1.54) is 5.56 Å². The van der Waals surface area contributed by atoms with Crippen LogP contribution in [0.5, 0.6) is 0 Å². The number of hydrogen-bond donors (Lipinski definition) is 1. The van der Waals surface area contributed by atoms with E-state index in [4.69, 9.17) is 4.74 Å². The first-order chi connectivity index (χ1) is 6.86. The molecule has 1 atom stereocenters. The molecule has 2 nitrogen and oxygen atoms in total. The van der Waals surface area contributed by atoms with Gasteiger partial charge in [-0.05, 0) is 18.5 Å². The Morgan fingerprint density at radius 2 is 2.00 bits per heavy atom. The molecule has 0 aliphatic heterocycles. The van der Waals surface area contributed by atoms with Gasteiger partial charge in [-0.25, -0.2) is 0 Å². The molecule has 0 heterocycles. The monoisotopic (exact) mass is 193 g/mol. The molecule has 0 fully saturated rings. The molecule has 14 heavy (non-hydrogen) atoms. The van der Waals surface area contributed by atoms with E-state index in [2.05, 4.69) is 36.5 Å². The molecule has 0 aliphatic carbocycles. The van der Waals surface area contributed by atoms with Gasteiger partial charge in [-0.2, -0.15) is 0 Å². The van der Waals surface area contributed by atoms with E-state index in [1.54, 1.807) is 7.11 Å². The first-order valence-corrected chi connectivity index (χ1v) is 5.13. The van der Waals surface area contributed by atoms with Crippen LogP contribution in [0.1, 0.15) is 12.5 Å². The van der Waals surface area contributed by atoms with Crippen LogP contribution < -0.4 is 5.32 Å². The van der Waals surface area contributed by atoms with E-state index >= 15 is 0 Å².